The number of amides is 1. The number of carbonyl (C=O) groups is 2. The topological polar surface area (TPSA) is 86.3 Å². The second-order valence-electron chi connectivity index (χ2n) is 6.32. The summed E-state index contributed by atoms with van der Waals surface area (Å²) in [5, 5.41) is 15.8. The number of hydrogen-bond acceptors (Lipinski definition) is 3. The number of rotatable bonds is 7. The molecule has 128 valence electrons. The monoisotopic (exact) mass is 329 g/mol. The average Bonchev–Trinajstić information content (AvgIpc) is 3.01. The molecule has 2 rings (SSSR count). The Morgan fingerprint density at radius 1 is 1.25 bits per heavy atom. The van der Waals surface area contributed by atoms with Gasteiger partial charge in [-0.2, -0.15) is 5.10 Å². The van der Waals surface area contributed by atoms with Crippen LogP contribution in [0.25, 0.3) is 11.3 Å². The van der Waals surface area contributed by atoms with E-state index in [1.165, 1.54) is 0 Å². The van der Waals surface area contributed by atoms with E-state index in [4.69, 9.17) is 5.11 Å². The molecule has 1 heterocycles. The molecule has 0 saturated carbocycles. The number of carboxylic acids is 1. The van der Waals surface area contributed by atoms with Crippen LogP contribution >= 0.6 is 0 Å². The molecule has 0 fully saturated rings. The summed E-state index contributed by atoms with van der Waals surface area (Å²) in [7, 11) is 0. The molecule has 6 heteroatoms. The minimum absolute atomic E-state index is 0.0720. The Kier molecular flexibility index (Phi) is 5.73. The normalized spacial score (nSPS) is 10.8. The molecule has 0 unspecified atom stereocenters. The van der Waals surface area contributed by atoms with Crippen LogP contribution in [0.15, 0.2) is 30.3 Å². The molecule has 1 aromatic carbocycles. The number of aromatic amines is 1. The van der Waals surface area contributed by atoms with E-state index in [9.17, 15) is 9.59 Å². The molecule has 0 atom stereocenters. The van der Waals surface area contributed by atoms with Gasteiger partial charge in [0.05, 0.1) is 12.1 Å². The molecule has 0 spiro atoms. The minimum Gasteiger partial charge on any atom is -0.481 e. The summed E-state index contributed by atoms with van der Waals surface area (Å²) in [6, 6.07) is 9.60. The zero-order chi connectivity index (χ0) is 17.7. The Balaban J connectivity index is 2.17. The van der Waals surface area contributed by atoms with Crippen LogP contribution in [0.5, 0.6) is 0 Å². The Bertz CT molecular complexity index is 705. The van der Waals surface area contributed by atoms with Crippen molar-refractivity contribution >= 4 is 11.9 Å². The first-order valence-corrected chi connectivity index (χ1v) is 8.00. The third kappa shape index (κ3) is 4.68. The summed E-state index contributed by atoms with van der Waals surface area (Å²) in [4.78, 5) is 25.0. The van der Waals surface area contributed by atoms with E-state index < -0.39 is 5.97 Å². The number of carboxylic acid groups (broad SMARTS) is 1. The molecule has 2 aromatic rings. The third-order valence-corrected chi connectivity index (χ3v) is 3.62. The van der Waals surface area contributed by atoms with Gasteiger partial charge in [-0.05, 0) is 18.9 Å². The maximum absolute atomic E-state index is 12.7. The molecular weight excluding hydrogens is 306 g/mol. The van der Waals surface area contributed by atoms with Gasteiger partial charge in [0.15, 0.2) is 0 Å². The summed E-state index contributed by atoms with van der Waals surface area (Å²) in [5.41, 5.74) is 3.15. The van der Waals surface area contributed by atoms with Gasteiger partial charge in [-0.1, -0.05) is 43.7 Å². The standard InChI is InChI=1S/C18H23N3O3/c1-12(2)11-21(9-8-17(22)23)18(24)16-10-15(19-20-16)14-6-4-13(3)5-7-14/h4-7,10,12H,8-9,11H2,1-3H3,(H,19,20)(H,22,23). The van der Waals surface area contributed by atoms with Gasteiger partial charge in [0, 0.05) is 18.7 Å². The molecule has 0 radical (unpaired) electrons. The summed E-state index contributed by atoms with van der Waals surface area (Å²) in [5.74, 6) is -0.889. The van der Waals surface area contributed by atoms with Crippen LogP contribution in [0, 0.1) is 12.8 Å². The molecule has 6 nitrogen and oxygen atoms in total. The largest absolute Gasteiger partial charge is 0.481 e. The van der Waals surface area contributed by atoms with Gasteiger partial charge in [-0.15, -0.1) is 0 Å². The van der Waals surface area contributed by atoms with Crippen molar-refractivity contribution in [3.05, 3.63) is 41.6 Å². The smallest absolute Gasteiger partial charge is 0.305 e. The number of aromatic nitrogens is 2. The van der Waals surface area contributed by atoms with Crippen molar-refractivity contribution in [2.24, 2.45) is 5.92 Å². The highest BCUT2D eigenvalue weighted by molar-refractivity contribution is 5.93. The SMILES string of the molecule is Cc1ccc(-c2cc(C(=O)N(CCC(=O)O)CC(C)C)[nH]n2)cc1. The molecule has 0 saturated heterocycles. The van der Waals surface area contributed by atoms with Crippen molar-refractivity contribution in [2.75, 3.05) is 13.1 Å². The van der Waals surface area contributed by atoms with E-state index in [1.54, 1.807) is 11.0 Å². The average molecular weight is 329 g/mol. The Labute approximate surface area is 141 Å². The number of hydrogen-bond donors (Lipinski definition) is 2. The van der Waals surface area contributed by atoms with E-state index in [-0.39, 0.29) is 24.8 Å². The van der Waals surface area contributed by atoms with Gasteiger partial charge >= 0.3 is 5.97 Å². The fraction of sp³-hybridized carbons (Fsp3) is 0.389. The summed E-state index contributed by atoms with van der Waals surface area (Å²) >= 11 is 0. The van der Waals surface area contributed by atoms with Crippen molar-refractivity contribution in [1.29, 1.82) is 0 Å². The molecule has 0 aliphatic heterocycles. The lowest BCUT2D eigenvalue weighted by Crippen LogP contribution is -2.36. The fourth-order valence-electron chi connectivity index (χ4n) is 2.42. The summed E-state index contributed by atoms with van der Waals surface area (Å²) < 4.78 is 0. The van der Waals surface area contributed by atoms with E-state index in [2.05, 4.69) is 10.2 Å². The van der Waals surface area contributed by atoms with Crippen molar-refractivity contribution in [1.82, 2.24) is 15.1 Å². The highest BCUT2D eigenvalue weighted by Crippen LogP contribution is 2.19. The molecule has 1 amide bonds. The van der Waals surface area contributed by atoms with E-state index in [0.29, 0.717) is 17.9 Å². The zero-order valence-electron chi connectivity index (χ0n) is 14.2. The second kappa shape index (κ2) is 7.77. The van der Waals surface area contributed by atoms with Gasteiger partial charge in [-0.25, -0.2) is 0 Å². The van der Waals surface area contributed by atoms with Gasteiger partial charge in [0.2, 0.25) is 0 Å². The first kappa shape index (κ1) is 17.7. The van der Waals surface area contributed by atoms with Crippen molar-refractivity contribution in [3.63, 3.8) is 0 Å². The van der Waals surface area contributed by atoms with Crippen molar-refractivity contribution < 1.29 is 14.7 Å². The molecule has 0 aliphatic carbocycles. The predicted octanol–water partition coefficient (Wildman–Crippen LogP) is 2.96. The summed E-state index contributed by atoms with van der Waals surface area (Å²) in [6.45, 7) is 6.68. The molecular formula is C18H23N3O3. The number of aryl methyl sites for hydroxylation is 1. The maximum Gasteiger partial charge on any atom is 0.305 e. The van der Waals surface area contributed by atoms with E-state index in [1.807, 2.05) is 45.0 Å². The van der Waals surface area contributed by atoms with E-state index >= 15 is 0 Å². The Hall–Kier alpha value is -2.63. The highest BCUT2D eigenvalue weighted by atomic mass is 16.4. The molecule has 1 aromatic heterocycles. The minimum atomic E-state index is -0.915. The van der Waals surface area contributed by atoms with Crippen LogP contribution in [0.1, 0.15) is 36.3 Å². The molecule has 24 heavy (non-hydrogen) atoms. The van der Waals surface area contributed by atoms with Crippen LogP contribution in [-0.4, -0.2) is 45.2 Å². The van der Waals surface area contributed by atoms with Gasteiger partial charge in [0.25, 0.3) is 5.91 Å². The molecule has 0 aliphatic rings. The highest BCUT2D eigenvalue weighted by Gasteiger charge is 2.20. The number of nitrogens with one attached hydrogen (secondary N) is 1. The van der Waals surface area contributed by atoms with Crippen LogP contribution in [0.3, 0.4) is 0 Å². The molecule has 2 N–H and O–H groups in total. The molecule has 0 bridgehead atoms. The lowest BCUT2D eigenvalue weighted by molar-refractivity contribution is -0.137. The quantitative estimate of drug-likeness (QED) is 0.817. The number of carbonyl (C=O) groups excluding carboxylic acids is 1. The number of aliphatic carboxylic acids is 1. The maximum atomic E-state index is 12.7. The van der Waals surface area contributed by atoms with Gasteiger partial charge < -0.3 is 10.0 Å². The Morgan fingerprint density at radius 3 is 2.50 bits per heavy atom. The van der Waals surface area contributed by atoms with Gasteiger partial charge in [-0.3, -0.25) is 14.7 Å². The number of nitrogens with zero attached hydrogens (tertiary/aromatic N) is 2. The fourth-order valence-corrected chi connectivity index (χ4v) is 2.42. The third-order valence-electron chi connectivity index (χ3n) is 3.62. The predicted molar refractivity (Wildman–Crippen MR) is 91.8 cm³/mol. The first-order valence-electron chi connectivity index (χ1n) is 8.00. The van der Waals surface area contributed by atoms with Crippen LogP contribution in [0.4, 0.5) is 0 Å². The lowest BCUT2D eigenvalue weighted by Gasteiger charge is -2.23. The zero-order valence-corrected chi connectivity index (χ0v) is 14.2. The van der Waals surface area contributed by atoms with Crippen molar-refractivity contribution in [2.45, 2.75) is 27.2 Å². The van der Waals surface area contributed by atoms with Crippen LogP contribution < -0.4 is 0 Å². The summed E-state index contributed by atoms with van der Waals surface area (Å²) in [6.07, 6.45) is -0.0720. The number of H-pyrrole nitrogens is 1. The van der Waals surface area contributed by atoms with Gasteiger partial charge in [0.1, 0.15) is 5.69 Å². The Morgan fingerprint density at radius 2 is 1.92 bits per heavy atom. The van der Waals surface area contributed by atoms with Crippen LogP contribution in [0.2, 0.25) is 0 Å². The van der Waals surface area contributed by atoms with Crippen molar-refractivity contribution in [3.8, 4) is 11.3 Å². The first-order chi connectivity index (χ1) is 11.4. The lowest BCUT2D eigenvalue weighted by atomic mass is 10.1. The number of benzene rings is 1. The van der Waals surface area contributed by atoms with Crippen LogP contribution in [-0.2, 0) is 4.79 Å². The second-order valence-corrected chi connectivity index (χ2v) is 6.32. The van der Waals surface area contributed by atoms with E-state index in [0.717, 1.165) is 11.1 Å².